The van der Waals surface area contributed by atoms with Crippen molar-refractivity contribution in [2.45, 2.75) is 31.8 Å². The van der Waals surface area contributed by atoms with E-state index in [1.807, 2.05) is 0 Å². The molecule has 1 saturated heterocycles. The van der Waals surface area contributed by atoms with Crippen molar-refractivity contribution < 1.29 is 9.90 Å². The minimum atomic E-state index is -0.943. The molecule has 2 unspecified atom stereocenters. The molecule has 15 heavy (non-hydrogen) atoms. The maximum Gasteiger partial charge on any atom is 0.321 e. The molecule has 1 fully saturated rings. The number of carboxylic acid groups (broad SMARTS) is 1. The van der Waals surface area contributed by atoms with Gasteiger partial charge in [0, 0.05) is 19.1 Å². The molecule has 0 spiro atoms. The van der Waals surface area contributed by atoms with Crippen molar-refractivity contribution in [3.05, 3.63) is 0 Å². The highest BCUT2D eigenvalue weighted by Crippen LogP contribution is 2.15. The zero-order chi connectivity index (χ0) is 11.3. The van der Waals surface area contributed by atoms with Crippen LogP contribution < -0.4 is 11.1 Å². The van der Waals surface area contributed by atoms with Gasteiger partial charge in [0.25, 0.3) is 0 Å². The molecule has 5 nitrogen and oxygen atoms in total. The van der Waals surface area contributed by atoms with Crippen LogP contribution >= 0.6 is 0 Å². The Balaban J connectivity index is 2.17. The lowest BCUT2D eigenvalue weighted by molar-refractivity contribution is -0.138. The summed E-state index contributed by atoms with van der Waals surface area (Å²) in [6.07, 6.45) is 2.44. The van der Waals surface area contributed by atoms with Crippen LogP contribution in [0.5, 0.6) is 0 Å². The third-order valence-corrected chi connectivity index (χ3v) is 2.97. The first-order chi connectivity index (χ1) is 7.15. The van der Waals surface area contributed by atoms with Crippen LogP contribution in [0.3, 0.4) is 0 Å². The number of nitrogens with two attached hydrogens (primary N) is 1. The van der Waals surface area contributed by atoms with Crippen molar-refractivity contribution in [3.63, 3.8) is 0 Å². The highest BCUT2D eigenvalue weighted by atomic mass is 16.4. The molecule has 0 aromatic rings. The van der Waals surface area contributed by atoms with E-state index in [2.05, 4.69) is 17.1 Å². The number of aliphatic carboxylic acids is 1. The van der Waals surface area contributed by atoms with Crippen molar-refractivity contribution in [2.75, 3.05) is 26.2 Å². The van der Waals surface area contributed by atoms with Gasteiger partial charge in [0.05, 0.1) is 0 Å². The lowest BCUT2D eigenvalue weighted by Gasteiger charge is -2.23. The molecular weight excluding hydrogens is 194 g/mol. The van der Waals surface area contributed by atoms with Gasteiger partial charge in [0.1, 0.15) is 6.04 Å². The third kappa shape index (κ3) is 3.77. The van der Waals surface area contributed by atoms with Crippen LogP contribution in [-0.2, 0) is 4.79 Å². The van der Waals surface area contributed by atoms with Crippen molar-refractivity contribution in [3.8, 4) is 0 Å². The highest BCUT2D eigenvalue weighted by Gasteiger charge is 2.22. The number of hydrogen-bond acceptors (Lipinski definition) is 4. The predicted molar refractivity (Wildman–Crippen MR) is 58.7 cm³/mol. The molecule has 0 aromatic heterocycles. The summed E-state index contributed by atoms with van der Waals surface area (Å²) in [6.45, 7) is 5.57. The first-order valence-corrected chi connectivity index (χ1v) is 5.58. The molecule has 1 aliphatic rings. The van der Waals surface area contributed by atoms with E-state index >= 15 is 0 Å². The average molecular weight is 215 g/mol. The van der Waals surface area contributed by atoms with E-state index in [0.717, 1.165) is 19.6 Å². The molecule has 1 rings (SSSR count). The zero-order valence-corrected chi connectivity index (χ0v) is 9.28. The maximum atomic E-state index is 10.5. The lowest BCUT2D eigenvalue weighted by atomic mass is 10.2. The fourth-order valence-corrected chi connectivity index (χ4v) is 2.04. The normalized spacial score (nSPS) is 24.3. The van der Waals surface area contributed by atoms with Gasteiger partial charge >= 0.3 is 5.97 Å². The molecule has 0 bridgehead atoms. The van der Waals surface area contributed by atoms with Crippen LogP contribution in [0, 0.1) is 0 Å². The number of carboxylic acids is 1. The first kappa shape index (κ1) is 12.4. The Hall–Kier alpha value is -0.650. The average Bonchev–Trinajstić information content (AvgIpc) is 2.65. The predicted octanol–water partition coefficient (Wildman–Crippen LogP) is -0.528. The number of hydrogen-bond donors (Lipinski definition) is 3. The molecule has 0 saturated carbocycles. The largest absolute Gasteiger partial charge is 0.480 e. The monoisotopic (exact) mass is 215 g/mol. The van der Waals surface area contributed by atoms with Gasteiger partial charge in [0.15, 0.2) is 0 Å². The summed E-state index contributed by atoms with van der Waals surface area (Å²) >= 11 is 0. The second-order valence-electron chi connectivity index (χ2n) is 4.03. The van der Waals surface area contributed by atoms with E-state index in [1.165, 1.54) is 12.8 Å². The van der Waals surface area contributed by atoms with E-state index in [-0.39, 0.29) is 0 Å². The van der Waals surface area contributed by atoms with Gasteiger partial charge in [-0.25, -0.2) is 0 Å². The quantitative estimate of drug-likeness (QED) is 0.555. The van der Waals surface area contributed by atoms with Crippen LogP contribution in [-0.4, -0.2) is 54.2 Å². The summed E-state index contributed by atoms with van der Waals surface area (Å²) in [6, 6.07) is -0.238. The number of rotatable bonds is 6. The van der Waals surface area contributed by atoms with Crippen LogP contribution in [0.2, 0.25) is 0 Å². The van der Waals surface area contributed by atoms with Gasteiger partial charge in [0.2, 0.25) is 0 Å². The molecule has 1 aliphatic heterocycles. The molecule has 88 valence electrons. The van der Waals surface area contributed by atoms with E-state index in [4.69, 9.17) is 10.8 Å². The minimum absolute atomic E-state index is 0.351. The van der Waals surface area contributed by atoms with Gasteiger partial charge in [-0.1, -0.05) is 6.92 Å². The minimum Gasteiger partial charge on any atom is -0.480 e. The Labute approximate surface area is 90.6 Å². The van der Waals surface area contributed by atoms with Crippen LogP contribution in [0.1, 0.15) is 19.8 Å². The first-order valence-electron chi connectivity index (χ1n) is 5.58. The summed E-state index contributed by atoms with van der Waals surface area (Å²) in [5.41, 5.74) is 5.39. The van der Waals surface area contributed by atoms with E-state index in [0.29, 0.717) is 12.6 Å². The second kappa shape index (κ2) is 6.05. The summed E-state index contributed by atoms with van der Waals surface area (Å²) in [4.78, 5) is 12.9. The molecule has 1 heterocycles. The highest BCUT2D eigenvalue weighted by molar-refractivity contribution is 5.73. The summed E-state index contributed by atoms with van der Waals surface area (Å²) in [5.74, 6) is -0.943. The summed E-state index contributed by atoms with van der Waals surface area (Å²) in [7, 11) is 0. The van der Waals surface area contributed by atoms with Crippen molar-refractivity contribution in [2.24, 2.45) is 5.73 Å². The Kier molecular flexibility index (Phi) is 5.01. The number of likely N-dealkylation sites (tertiary alicyclic amines) is 1. The second-order valence-corrected chi connectivity index (χ2v) is 4.03. The standard InChI is InChI=1S/C10H21N3O2/c1-2-13-5-3-4-8(13)6-12-7-9(11)10(14)15/h8-9,12H,2-7,11H2,1H3,(H,14,15). The SMILES string of the molecule is CCN1CCCC1CNCC(N)C(=O)O. The lowest BCUT2D eigenvalue weighted by Crippen LogP contribution is -2.44. The topological polar surface area (TPSA) is 78.6 Å². The van der Waals surface area contributed by atoms with E-state index < -0.39 is 12.0 Å². The van der Waals surface area contributed by atoms with Gasteiger partial charge in [-0.05, 0) is 25.9 Å². The molecule has 0 aromatic carbocycles. The van der Waals surface area contributed by atoms with Crippen molar-refractivity contribution in [1.82, 2.24) is 10.2 Å². The van der Waals surface area contributed by atoms with Crippen LogP contribution in [0.4, 0.5) is 0 Å². The van der Waals surface area contributed by atoms with Crippen LogP contribution in [0.25, 0.3) is 0 Å². The number of likely N-dealkylation sites (N-methyl/N-ethyl adjacent to an activating group) is 1. The molecule has 0 aliphatic carbocycles. The molecule has 2 atom stereocenters. The Morgan fingerprint density at radius 2 is 2.47 bits per heavy atom. The number of nitrogens with zero attached hydrogens (tertiary/aromatic N) is 1. The fraction of sp³-hybridized carbons (Fsp3) is 0.900. The van der Waals surface area contributed by atoms with Gasteiger partial charge < -0.3 is 16.2 Å². The number of carbonyl (C=O) groups is 1. The molecule has 0 radical (unpaired) electrons. The fourth-order valence-electron chi connectivity index (χ4n) is 2.04. The Bertz CT molecular complexity index is 211. The van der Waals surface area contributed by atoms with E-state index in [1.54, 1.807) is 0 Å². The van der Waals surface area contributed by atoms with Gasteiger partial charge in [-0.2, -0.15) is 0 Å². The summed E-state index contributed by atoms with van der Waals surface area (Å²) in [5, 5.41) is 11.7. The molecular formula is C10H21N3O2. The molecule has 4 N–H and O–H groups in total. The van der Waals surface area contributed by atoms with Gasteiger partial charge in [-0.3, -0.25) is 9.69 Å². The maximum absolute atomic E-state index is 10.5. The summed E-state index contributed by atoms with van der Waals surface area (Å²) < 4.78 is 0. The smallest absolute Gasteiger partial charge is 0.321 e. The van der Waals surface area contributed by atoms with Crippen LogP contribution in [0.15, 0.2) is 0 Å². The molecule has 0 amide bonds. The third-order valence-electron chi connectivity index (χ3n) is 2.97. The van der Waals surface area contributed by atoms with Crippen molar-refractivity contribution >= 4 is 5.97 Å². The Morgan fingerprint density at radius 3 is 3.07 bits per heavy atom. The molecule has 5 heteroatoms. The van der Waals surface area contributed by atoms with Gasteiger partial charge in [-0.15, -0.1) is 0 Å². The van der Waals surface area contributed by atoms with Crippen molar-refractivity contribution in [1.29, 1.82) is 0 Å². The zero-order valence-electron chi connectivity index (χ0n) is 9.28. The number of nitrogens with one attached hydrogen (secondary N) is 1. The van der Waals surface area contributed by atoms with E-state index in [9.17, 15) is 4.79 Å². The Morgan fingerprint density at radius 1 is 1.73 bits per heavy atom.